The number of alkyl carbamates (subject to hydrolysis) is 1. The SMILES string of the molecule is CC(C)(C)OC(=O)NC(CCc1ccccc1)c1nc(-c2ccc(F)cc2)n[nH]1. The lowest BCUT2D eigenvalue weighted by molar-refractivity contribution is 0.0498. The monoisotopic (exact) mass is 396 g/mol. The van der Waals surface area contributed by atoms with E-state index in [-0.39, 0.29) is 5.82 Å². The van der Waals surface area contributed by atoms with Crippen LogP contribution in [0.25, 0.3) is 11.4 Å². The van der Waals surface area contributed by atoms with Gasteiger partial charge in [-0.15, -0.1) is 0 Å². The summed E-state index contributed by atoms with van der Waals surface area (Å²) < 4.78 is 18.6. The molecule has 1 atom stereocenters. The number of hydrogen-bond donors (Lipinski definition) is 2. The lowest BCUT2D eigenvalue weighted by atomic mass is 10.0. The number of nitrogens with one attached hydrogen (secondary N) is 2. The highest BCUT2D eigenvalue weighted by Gasteiger charge is 2.23. The van der Waals surface area contributed by atoms with Gasteiger partial charge in [0.1, 0.15) is 17.2 Å². The Labute approximate surface area is 169 Å². The summed E-state index contributed by atoms with van der Waals surface area (Å²) in [5, 5.41) is 10.0. The van der Waals surface area contributed by atoms with Gasteiger partial charge in [0.2, 0.25) is 0 Å². The van der Waals surface area contributed by atoms with Gasteiger partial charge in [0.05, 0.1) is 6.04 Å². The van der Waals surface area contributed by atoms with Crippen LogP contribution in [0.15, 0.2) is 54.6 Å². The van der Waals surface area contributed by atoms with Gasteiger partial charge in [-0.25, -0.2) is 14.2 Å². The topological polar surface area (TPSA) is 79.9 Å². The molecule has 0 aliphatic rings. The fourth-order valence-electron chi connectivity index (χ4n) is 2.84. The van der Waals surface area contributed by atoms with Gasteiger partial charge in [-0.3, -0.25) is 5.10 Å². The van der Waals surface area contributed by atoms with Gasteiger partial charge in [-0.2, -0.15) is 5.10 Å². The Morgan fingerprint density at radius 2 is 1.83 bits per heavy atom. The average Bonchev–Trinajstić information content (AvgIpc) is 3.15. The Morgan fingerprint density at radius 1 is 1.14 bits per heavy atom. The summed E-state index contributed by atoms with van der Waals surface area (Å²) in [6, 6.07) is 15.5. The van der Waals surface area contributed by atoms with Gasteiger partial charge in [0.15, 0.2) is 5.82 Å². The van der Waals surface area contributed by atoms with Crippen LogP contribution in [-0.4, -0.2) is 26.9 Å². The Bertz CT molecular complexity index is 933. The number of aromatic amines is 1. The minimum absolute atomic E-state index is 0.322. The van der Waals surface area contributed by atoms with Crippen LogP contribution in [0.1, 0.15) is 44.6 Å². The molecular weight excluding hydrogens is 371 g/mol. The van der Waals surface area contributed by atoms with Crippen LogP contribution in [-0.2, 0) is 11.2 Å². The van der Waals surface area contributed by atoms with E-state index in [0.717, 1.165) is 12.0 Å². The number of carbonyl (C=O) groups excluding carboxylic acids is 1. The van der Waals surface area contributed by atoms with Crippen molar-refractivity contribution in [3.63, 3.8) is 0 Å². The average molecular weight is 396 g/mol. The van der Waals surface area contributed by atoms with E-state index in [1.807, 2.05) is 51.1 Å². The summed E-state index contributed by atoms with van der Waals surface area (Å²) in [5.74, 6) is 0.638. The Hall–Kier alpha value is -3.22. The molecule has 0 aliphatic heterocycles. The molecule has 3 aromatic rings. The molecule has 2 N–H and O–H groups in total. The number of halogens is 1. The molecular formula is C22H25FN4O2. The summed E-state index contributed by atoms with van der Waals surface area (Å²) in [4.78, 5) is 16.8. The number of benzene rings is 2. The smallest absolute Gasteiger partial charge is 0.408 e. The second kappa shape index (κ2) is 8.86. The molecule has 1 aromatic heterocycles. The standard InChI is InChI=1S/C22H25FN4O2/c1-22(2,3)29-21(28)24-18(14-9-15-7-5-4-6-8-15)20-25-19(26-27-20)16-10-12-17(23)13-11-16/h4-8,10-13,18H,9,14H2,1-3H3,(H,24,28)(H,25,26,27). The molecule has 0 saturated heterocycles. The molecule has 0 bridgehead atoms. The lowest BCUT2D eigenvalue weighted by Gasteiger charge is -2.22. The molecule has 152 valence electrons. The highest BCUT2D eigenvalue weighted by Crippen LogP contribution is 2.21. The molecule has 29 heavy (non-hydrogen) atoms. The summed E-state index contributed by atoms with van der Waals surface area (Å²) in [5.41, 5.74) is 1.24. The third kappa shape index (κ3) is 6.14. The van der Waals surface area contributed by atoms with Gasteiger partial charge < -0.3 is 10.1 Å². The molecule has 1 unspecified atom stereocenters. The molecule has 0 spiro atoms. The van der Waals surface area contributed by atoms with Crippen molar-refractivity contribution in [1.82, 2.24) is 20.5 Å². The second-order valence-electron chi connectivity index (χ2n) is 7.77. The predicted octanol–water partition coefficient (Wildman–Crippen LogP) is 4.81. The predicted molar refractivity (Wildman–Crippen MR) is 109 cm³/mol. The largest absolute Gasteiger partial charge is 0.444 e. The van der Waals surface area contributed by atoms with Crippen molar-refractivity contribution in [2.75, 3.05) is 0 Å². The van der Waals surface area contributed by atoms with Gasteiger partial charge in [-0.05, 0) is 63.4 Å². The first-order chi connectivity index (χ1) is 13.8. The summed E-state index contributed by atoms with van der Waals surface area (Å²) >= 11 is 0. The quantitative estimate of drug-likeness (QED) is 0.627. The van der Waals surface area contributed by atoms with Crippen molar-refractivity contribution in [1.29, 1.82) is 0 Å². The van der Waals surface area contributed by atoms with E-state index in [1.165, 1.54) is 12.1 Å². The number of ether oxygens (including phenoxy) is 1. The normalized spacial score (nSPS) is 12.4. The van der Waals surface area contributed by atoms with Crippen LogP contribution in [0.5, 0.6) is 0 Å². The maximum absolute atomic E-state index is 13.2. The summed E-state index contributed by atoms with van der Waals surface area (Å²) in [6.45, 7) is 5.44. The maximum Gasteiger partial charge on any atom is 0.408 e. The molecule has 2 aromatic carbocycles. The maximum atomic E-state index is 13.2. The minimum atomic E-state index is -0.602. The van der Waals surface area contributed by atoms with E-state index in [4.69, 9.17) is 4.74 Å². The van der Waals surface area contributed by atoms with E-state index in [9.17, 15) is 9.18 Å². The molecule has 0 fully saturated rings. The molecule has 7 heteroatoms. The molecule has 6 nitrogen and oxygen atoms in total. The van der Waals surface area contributed by atoms with E-state index >= 15 is 0 Å². The van der Waals surface area contributed by atoms with Crippen LogP contribution in [0.2, 0.25) is 0 Å². The van der Waals surface area contributed by atoms with Gasteiger partial charge in [-0.1, -0.05) is 30.3 Å². The lowest BCUT2D eigenvalue weighted by Crippen LogP contribution is -2.35. The fraction of sp³-hybridized carbons (Fsp3) is 0.318. The molecule has 1 amide bonds. The second-order valence-corrected chi connectivity index (χ2v) is 7.77. The minimum Gasteiger partial charge on any atom is -0.444 e. The molecule has 0 aliphatic carbocycles. The summed E-state index contributed by atoms with van der Waals surface area (Å²) in [6.07, 6.45) is 0.838. The molecule has 1 heterocycles. The first-order valence-corrected chi connectivity index (χ1v) is 9.52. The number of aryl methyl sites for hydroxylation is 1. The van der Waals surface area contributed by atoms with Crippen LogP contribution >= 0.6 is 0 Å². The van der Waals surface area contributed by atoms with Crippen molar-refractivity contribution >= 4 is 6.09 Å². The Balaban J connectivity index is 1.78. The van der Waals surface area contributed by atoms with Crippen molar-refractivity contribution in [2.45, 2.75) is 45.3 Å². The number of rotatable bonds is 6. The van der Waals surface area contributed by atoms with Crippen molar-refractivity contribution in [3.05, 3.63) is 71.8 Å². The van der Waals surface area contributed by atoms with Crippen molar-refractivity contribution < 1.29 is 13.9 Å². The molecule has 3 rings (SSSR count). The van der Waals surface area contributed by atoms with Crippen LogP contribution in [0, 0.1) is 5.82 Å². The number of carbonyl (C=O) groups is 1. The van der Waals surface area contributed by atoms with E-state index in [0.29, 0.717) is 23.6 Å². The van der Waals surface area contributed by atoms with E-state index in [2.05, 4.69) is 20.5 Å². The van der Waals surface area contributed by atoms with Crippen molar-refractivity contribution in [3.8, 4) is 11.4 Å². The Morgan fingerprint density at radius 3 is 2.48 bits per heavy atom. The van der Waals surface area contributed by atoms with Gasteiger partial charge in [0.25, 0.3) is 0 Å². The zero-order valence-electron chi connectivity index (χ0n) is 16.8. The number of amides is 1. The van der Waals surface area contributed by atoms with Crippen LogP contribution < -0.4 is 5.32 Å². The third-order valence-electron chi connectivity index (χ3n) is 4.19. The number of hydrogen-bond acceptors (Lipinski definition) is 4. The highest BCUT2D eigenvalue weighted by atomic mass is 19.1. The van der Waals surface area contributed by atoms with Crippen LogP contribution in [0.3, 0.4) is 0 Å². The van der Waals surface area contributed by atoms with E-state index in [1.54, 1.807) is 12.1 Å². The molecule has 0 radical (unpaired) electrons. The van der Waals surface area contributed by atoms with Crippen molar-refractivity contribution in [2.24, 2.45) is 0 Å². The van der Waals surface area contributed by atoms with Gasteiger partial charge in [0, 0.05) is 5.56 Å². The first kappa shape index (κ1) is 20.5. The van der Waals surface area contributed by atoms with E-state index < -0.39 is 17.7 Å². The number of H-pyrrole nitrogens is 1. The molecule has 0 saturated carbocycles. The Kier molecular flexibility index (Phi) is 6.26. The number of nitrogens with zero attached hydrogens (tertiary/aromatic N) is 2. The highest BCUT2D eigenvalue weighted by molar-refractivity contribution is 5.68. The number of aromatic nitrogens is 3. The zero-order chi connectivity index (χ0) is 20.9. The first-order valence-electron chi connectivity index (χ1n) is 9.52. The van der Waals surface area contributed by atoms with Crippen LogP contribution in [0.4, 0.5) is 9.18 Å². The zero-order valence-corrected chi connectivity index (χ0v) is 16.8. The fourth-order valence-corrected chi connectivity index (χ4v) is 2.84. The summed E-state index contributed by atoms with van der Waals surface area (Å²) in [7, 11) is 0. The van der Waals surface area contributed by atoms with Gasteiger partial charge >= 0.3 is 6.09 Å². The third-order valence-corrected chi connectivity index (χ3v) is 4.19.